The first-order valence-corrected chi connectivity index (χ1v) is 6.81. The zero-order valence-electron chi connectivity index (χ0n) is 11.1. The first-order chi connectivity index (χ1) is 9.19. The van der Waals surface area contributed by atoms with Crippen LogP contribution in [-0.2, 0) is 13.1 Å². The lowest BCUT2D eigenvalue weighted by Gasteiger charge is -2.18. The third kappa shape index (κ3) is 4.04. The molecule has 1 aromatic heterocycles. The highest BCUT2D eigenvalue weighted by Gasteiger charge is 2.07. The van der Waals surface area contributed by atoms with Gasteiger partial charge in [0.15, 0.2) is 0 Å². The van der Waals surface area contributed by atoms with Gasteiger partial charge in [0.2, 0.25) is 0 Å². The molecule has 0 atom stereocenters. The minimum absolute atomic E-state index is 0.838. The molecule has 102 valence electrons. The second kappa shape index (κ2) is 6.68. The maximum absolute atomic E-state index is 5.38. The van der Waals surface area contributed by atoms with Gasteiger partial charge in [-0.05, 0) is 25.2 Å². The zero-order valence-corrected chi connectivity index (χ0v) is 12.7. The van der Waals surface area contributed by atoms with Gasteiger partial charge in [0.25, 0.3) is 0 Å². The van der Waals surface area contributed by atoms with Crippen LogP contribution >= 0.6 is 15.9 Å². The molecule has 0 amide bonds. The van der Waals surface area contributed by atoms with E-state index in [1.807, 2.05) is 16.7 Å². The van der Waals surface area contributed by atoms with E-state index in [1.165, 1.54) is 5.56 Å². The Hall–Kier alpha value is -1.40. The molecule has 1 aromatic carbocycles. The summed E-state index contributed by atoms with van der Waals surface area (Å²) in [5, 5.41) is 7.58. The second-order valence-corrected chi connectivity index (χ2v) is 5.31. The molecule has 0 radical (unpaired) electrons. The molecule has 5 nitrogen and oxygen atoms in total. The molecule has 1 heterocycles. The van der Waals surface area contributed by atoms with Gasteiger partial charge in [-0.3, -0.25) is 0 Å². The van der Waals surface area contributed by atoms with Crippen LogP contribution in [0.3, 0.4) is 0 Å². The fourth-order valence-electron chi connectivity index (χ4n) is 1.86. The molecule has 2 aromatic rings. The maximum Gasteiger partial charge on any atom is 0.123 e. The second-order valence-electron chi connectivity index (χ2n) is 4.39. The average molecular weight is 325 g/mol. The van der Waals surface area contributed by atoms with Crippen LogP contribution < -0.4 is 4.74 Å². The number of ether oxygens (including phenoxy) is 1. The van der Waals surface area contributed by atoms with Gasteiger partial charge in [-0.25, -0.2) is 0 Å². The molecular formula is C13H17BrN4O. The summed E-state index contributed by atoms with van der Waals surface area (Å²) >= 11 is 3.49. The molecule has 0 saturated carbocycles. The third-order valence-corrected chi connectivity index (χ3v) is 3.38. The number of hydrogen-bond acceptors (Lipinski definition) is 4. The Labute approximate surface area is 121 Å². The van der Waals surface area contributed by atoms with Crippen LogP contribution in [0.15, 0.2) is 35.3 Å². The average Bonchev–Trinajstić information content (AvgIpc) is 2.90. The van der Waals surface area contributed by atoms with Gasteiger partial charge in [0.1, 0.15) is 18.4 Å². The van der Waals surface area contributed by atoms with E-state index in [0.29, 0.717) is 0 Å². The Bertz CT molecular complexity index is 515. The summed E-state index contributed by atoms with van der Waals surface area (Å²) in [6.45, 7) is 2.64. The van der Waals surface area contributed by atoms with Crippen LogP contribution in [-0.4, -0.2) is 40.4 Å². The van der Waals surface area contributed by atoms with Crippen LogP contribution in [0.1, 0.15) is 5.56 Å². The molecule has 0 aliphatic heterocycles. The van der Waals surface area contributed by atoms with Crippen LogP contribution in [0.25, 0.3) is 0 Å². The van der Waals surface area contributed by atoms with Crippen molar-refractivity contribution in [3.8, 4) is 5.75 Å². The normalized spacial score (nSPS) is 10.9. The van der Waals surface area contributed by atoms with Gasteiger partial charge < -0.3 is 14.2 Å². The van der Waals surface area contributed by atoms with Crippen LogP contribution in [0.4, 0.5) is 0 Å². The van der Waals surface area contributed by atoms with Gasteiger partial charge >= 0.3 is 0 Å². The largest absolute Gasteiger partial charge is 0.496 e. The SMILES string of the molecule is COc1ccc(Br)cc1CN(C)CCn1cnnc1. The minimum Gasteiger partial charge on any atom is -0.496 e. The molecule has 6 heteroatoms. The molecule has 0 unspecified atom stereocenters. The molecule has 0 aliphatic rings. The van der Waals surface area contributed by atoms with Gasteiger partial charge in [-0.1, -0.05) is 15.9 Å². The zero-order chi connectivity index (χ0) is 13.7. The van der Waals surface area contributed by atoms with Crippen molar-refractivity contribution in [2.75, 3.05) is 20.7 Å². The van der Waals surface area contributed by atoms with Crippen LogP contribution in [0.5, 0.6) is 5.75 Å². The smallest absolute Gasteiger partial charge is 0.123 e. The summed E-state index contributed by atoms with van der Waals surface area (Å²) in [5.41, 5.74) is 1.17. The maximum atomic E-state index is 5.38. The quantitative estimate of drug-likeness (QED) is 0.816. The highest BCUT2D eigenvalue weighted by Crippen LogP contribution is 2.23. The standard InChI is InChI=1S/C13H17BrN4O/c1-17(5-6-18-9-15-16-10-18)8-11-7-12(14)3-4-13(11)19-2/h3-4,7,9-10H,5-6,8H2,1-2H3. The number of aromatic nitrogens is 3. The predicted octanol–water partition coefficient (Wildman–Crippen LogP) is 2.18. The monoisotopic (exact) mass is 324 g/mol. The van der Waals surface area contributed by atoms with E-state index in [2.05, 4.69) is 44.1 Å². The molecule has 0 spiro atoms. The van der Waals surface area contributed by atoms with Crippen LogP contribution in [0.2, 0.25) is 0 Å². The van der Waals surface area contributed by atoms with E-state index in [-0.39, 0.29) is 0 Å². The topological polar surface area (TPSA) is 43.2 Å². The summed E-state index contributed by atoms with van der Waals surface area (Å²) in [7, 11) is 3.79. The Morgan fingerprint density at radius 2 is 2.05 bits per heavy atom. The molecule has 19 heavy (non-hydrogen) atoms. The van der Waals surface area contributed by atoms with Crippen molar-refractivity contribution in [1.82, 2.24) is 19.7 Å². The number of hydrogen-bond donors (Lipinski definition) is 0. The lowest BCUT2D eigenvalue weighted by molar-refractivity contribution is 0.303. The Morgan fingerprint density at radius 1 is 1.32 bits per heavy atom. The number of halogens is 1. The van der Waals surface area contributed by atoms with Gasteiger partial charge in [0.05, 0.1) is 7.11 Å². The first kappa shape index (κ1) is 14.0. The van der Waals surface area contributed by atoms with Gasteiger partial charge in [0, 0.05) is 29.7 Å². The van der Waals surface area contributed by atoms with Crippen molar-refractivity contribution in [2.24, 2.45) is 0 Å². The van der Waals surface area contributed by atoms with E-state index < -0.39 is 0 Å². The first-order valence-electron chi connectivity index (χ1n) is 6.02. The highest BCUT2D eigenvalue weighted by molar-refractivity contribution is 9.10. The third-order valence-electron chi connectivity index (χ3n) is 2.89. The van der Waals surface area contributed by atoms with E-state index in [9.17, 15) is 0 Å². The number of rotatable bonds is 6. The van der Waals surface area contributed by atoms with Crippen molar-refractivity contribution < 1.29 is 4.74 Å². The Morgan fingerprint density at radius 3 is 2.74 bits per heavy atom. The summed E-state index contributed by atoms with van der Waals surface area (Å²) in [5.74, 6) is 0.916. The molecular weight excluding hydrogens is 308 g/mol. The van der Waals surface area contributed by atoms with E-state index in [1.54, 1.807) is 19.8 Å². The van der Waals surface area contributed by atoms with Crippen molar-refractivity contribution in [2.45, 2.75) is 13.1 Å². The number of likely N-dealkylation sites (N-methyl/N-ethyl adjacent to an activating group) is 1. The van der Waals surface area contributed by atoms with Crippen LogP contribution in [0, 0.1) is 0 Å². The van der Waals surface area contributed by atoms with E-state index in [0.717, 1.165) is 29.9 Å². The van der Waals surface area contributed by atoms with Crippen molar-refractivity contribution in [3.05, 3.63) is 40.9 Å². The van der Waals surface area contributed by atoms with E-state index >= 15 is 0 Å². The number of methoxy groups -OCH3 is 1. The van der Waals surface area contributed by atoms with E-state index in [4.69, 9.17) is 4.74 Å². The summed E-state index contributed by atoms with van der Waals surface area (Å²) in [4.78, 5) is 2.24. The summed E-state index contributed by atoms with van der Waals surface area (Å²) in [6.07, 6.45) is 3.46. The minimum atomic E-state index is 0.838. The lowest BCUT2D eigenvalue weighted by atomic mass is 10.2. The fourth-order valence-corrected chi connectivity index (χ4v) is 2.27. The molecule has 0 saturated heterocycles. The Kier molecular flexibility index (Phi) is 4.93. The highest BCUT2D eigenvalue weighted by atomic mass is 79.9. The molecule has 0 bridgehead atoms. The predicted molar refractivity (Wildman–Crippen MR) is 77.1 cm³/mol. The fraction of sp³-hybridized carbons (Fsp3) is 0.385. The number of nitrogens with zero attached hydrogens (tertiary/aromatic N) is 4. The van der Waals surface area contributed by atoms with Gasteiger partial charge in [-0.15, -0.1) is 10.2 Å². The molecule has 0 aliphatic carbocycles. The van der Waals surface area contributed by atoms with Crippen molar-refractivity contribution in [3.63, 3.8) is 0 Å². The molecule has 0 fully saturated rings. The Balaban J connectivity index is 1.94. The van der Waals surface area contributed by atoms with Crippen molar-refractivity contribution in [1.29, 1.82) is 0 Å². The lowest BCUT2D eigenvalue weighted by Crippen LogP contribution is -2.22. The summed E-state index contributed by atoms with van der Waals surface area (Å²) < 4.78 is 8.41. The van der Waals surface area contributed by atoms with Gasteiger partial charge in [-0.2, -0.15) is 0 Å². The van der Waals surface area contributed by atoms with Crippen molar-refractivity contribution >= 4 is 15.9 Å². The molecule has 2 rings (SSSR count). The summed E-state index contributed by atoms with van der Waals surface area (Å²) in [6, 6.07) is 6.06. The molecule has 0 N–H and O–H groups in total. The number of benzene rings is 1.